The molecule has 0 amide bonds. The second kappa shape index (κ2) is 12.8. The molecular formula is C59H35N. The number of nitrogens with zero attached hydrogens (tertiary/aromatic N) is 1. The number of pyridine rings is 1. The lowest BCUT2D eigenvalue weighted by molar-refractivity contribution is 1.33. The predicted octanol–water partition coefficient (Wildman–Crippen LogP) is 16.2. The minimum Gasteiger partial charge on any atom is -0.256 e. The van der Waals surface area contributed by atoms with E-state index in [0.717, 1.165) is 11.3 Å². The molecule has 0 saturated heterocycles. The summed E-state index contributed by atoms with van der Waals surface area (Å²) < 4.78 is 0. The number of aromatic nitrogens is 1. The molecule has 0 unspecified atom stereocenters. The molecule has 13 rings (SSSR count). The SMILES string of the molecule is c1ccc(-c2c3c(c(-c4ccccc4)c4ccccc24)-c2ccc4c5c(ccc-3c25)-c2c-4c(-c3ccccc3)c3cc(-c4ccccn4)ccc3c2-c2ccccc2)cc1. The zero-order chi connectivity index (χ0) is 39.3. The van der Waals surface area contributed by atoms with Gasteiger partial charge in [-0.3, -0.25) is 4.98 Å². The van der Waals surface area contributed by atoms with Gasteiger partial charge < -0.3 is 0 Å². The van der Waals surface area contributed by atoms with E-state index in [1.165, 1.54) is 121 Å². The van der Waals surface area contributed by atoms with Gasteiger partial charge in [-0.05, 0) is 140 Å². The molecule has 276 valence electrons. The summed E-state index contributed by atoms with van der Waals surface area (Å²) in [7, 11) is 0. The van der Waals surface area contributed by atoms with Gasteiger partial charge in [-0.15, -0.1) is 0 Å². The van der Waals surface area contributed by atoms with Crippen molar-refractivity contribution in [3.63, 3.8) is 0 Å². The lowest BCUT2D eigenvalue weighted by atomic mass is 9.81. The van der Waals surface area contributed by atoms with Crippen LogP contribution in [0.5, 0.6) is 0 Å². The maximum atomic E-state index is 4.80. The monoisotopic (exact) mass is 757 g/mol. The molecule has 60 heavy (non-hydrogen) atoms. The Morgan fingerprint density at radius 3 is 0.967 bits per heavy atom. The Morgan fingerprint density at radius 2 is 0.583 bits per heavy atom. The number of rotatable bonds is 5. The van der Waals surface area contributed by atoms with E-state index in [-0.39, 0.29) is 0 Å². The van der Waals surface area contributed by atoms with Gasteiger partial charge in [0.25, 0.3) is 0 Å². The van der Waals surface area contributed by atoms with Crippen molar-refractivity contribution in [2.24, 2.45) is 0 Å². The van der Waals surface area contributed by atoms with Crippen molar-refractivity contribution >= 4 is 32.3 Å². The summed E-state index contributed by atoms with van der Waals surface area (Å²) in [5, 5.41) is 7.71. The summed E-state index contributed by atoms with van der Waals surface area (Å²) >= 11 is 0. The summed E-state index contributed by atoms with van der Waals surface area (Å²) in [6, 6.07) is 76.0. The number of hydrogen-bond donors (Lipinski definition) is 0. The molecule has 2 aliphatic carbocycles. The third-order valence-electron chi connectivity index (χ3n) is 13.0. The van der Waals surface area contributed by atoms with Crippen LogP contribution in [0.1, 0.15) is 0 Å². The van der Waals surface area contributed by atoms with Crippen LogP contribution in [-0.4, -0.2) is 4.98 Å². The Labute approximate surface area is 348 Å². The van der Waals surface area contributed by atoms with Gasteiger partial charge in [-0.2, -0.15) is 0 Å². The van der Waals surface area contributed by atoms with E-state index in [4.69, 9.17) is 4.98 Å². The molecule has 1 aromatic heterocycles. The lowest BCUT2D eigenvalue weighted by Crippen LogP contribution is -1.95. The summed E-state index contributed by atoms with van der Waals surface area (Å²) in [6.07, 6.45) is 1.89. The Bertz CT molecular complexity index is 3440. The van der Waals surface area contributed by atoms with E-state index >= 15 is 0 Å². The summed E-state index contributed by atoms with van der Waals surface area (Å²) in [6.45, 7) is 0. The van der Waals surface area contributed by atoms with Gasteiger partial charge in [0.1, 0.15) is 0 Å². The maximum absolute atomic E-state index is 4.80. The second-order valence-corrected chi connectivity index (χ2v) is 16.1. The quantitative estimate of drug-likeness (QED) is 0.170. The predicted molar refractivity (Wildman–Crippen MR) is 253 cm³/mol. The molecule has 2 aliphatic rings. The largest absolute Gasteiger partial charge is 0.256 e. The molecule has 0 radical (unpaired) electrons. The molecule has 0 spiro atoms. The fraction of sp³-hybridized carbons (Fsp3) is 0. The highest BCUT2D eigenvalue weighted by Crippen LogP contribution is 2.64. The summed E-state index contributed by atoms with van der Waals surface area (Å²) in [5.74, 6) is 0. The molecular weight excluding hydrogens is 723 g/mol. The van der Waals surface area contributed by atoms with Crippen LogP contribution in [0.3, 0.4) is 0 Å². The minimum atomic E-state index is 0.972. The Hall–Kier alpha value is -7.87. The van der Waals surface area contributed by atoms with Crippen LogP contribution in [0.25, 0.3) is 133 Å². The highest BCUT2D eigenvalue weighted by molar-refractivity contribution is 6.35. The molecule has 0 saturated carbocycles. The standard InChI is InChI=1S/C59H35N/c1-5-17-36(18-6-1)50-41-25-13-14-26-42(41)51(37-19-7-2-8-20-37)57-45-32-33-47-55-46(31-30-44(54(45)55)56(50)57)58-52(38-21-9-3-10-22-38)43-29-28-40(49-27-15-16-34-60-49)35-48(43)53(59(47)58)39-23-11-4-12-24-39/h1-35H. The lowest BCUT2D eigenvalue weighted by Gasteiger charge is -2.21. The van der Waals surface area contributed by atoms with Crippen molar-refractivity contribution in [3.8, 4) is 100 Å². The van der Waals surface area contributed by atoms with Crippen LogP contribution in [0.15, 0.2) is 212 Å². The fourth-order valence-electron chi connectivity index (χ4n) is 10.6. The van der Waals surface area contributed by atoms with Crippen LogP contribution in [0.2, 0.25) is 0 Å². The Balaban J connectivity index is 1.21. The van der Waals surface area contributed by atoms with E-state index in [0.29, 0.717) is 0 Å². The van der Waals surface area contributed by atoms with Crippen LogP contribution < -0.4 is 0 Å². The third kappa shape index (κ3) is 4.60. The van der Waals surface area contributed by atoms with Crippen molar-refractivity contribution in [2.75, 3.05) is 0 Å². The summed E-state index contributed by atoms with van der Waals surface area (Å²) in [4.78, 5) is 4.80. The molecule has 0 bridgehead atoms. The summed E-state index contributed by atoms with van der Waals surface area (Å²) in [5.41, 5.74) is 22.6. The van der Waals surface area contributed by atoms with E-state index in [9.17, 15) is 0 Å². The first-order valence-electron chi connectivity index (χ1n) is 20.8. The fourth-order valence-corrected chi connectivity index (χ4v) is 10.6. The first-order chi connectivity index (χ1) is 29.8. The average Bonchev–Trinajstić information content (AvgIpc) is 3.83. The molecule has 1 heterocycles. The first-order valence-corrected chi connectivity index (χ1v) is 20.8. The van der Waals surface area contributed by atoms with Crippen LogP contribution in [0.4, 0.5) is 0 Å². The van der Waals surface area contributed by atoms with Gasteiger partial charge in [-0.1, -0.05) is 188 Å². The van der Waals surface area contributed by atoms with E-state index in [1.54, 1.807) is 0 Å². The topological polar surface area (TPSA) is 12.9 Å². The highest BCUT2D eigenvalue weighted by Gasteiger charge is 2.37. The van der Waals surface area contributed by atoms with Crippen LogP contribution in [-0.2, 0) is 0 Å². The van der Waals surface area contributed by atoms with Crippen LogP contribution in [0, 0.1) is 0 Å². The molecule has 11 aromatic rings. The van der Waals surface area contributed by atoms with Gasteiger partial charge >= 0.3 is 0 Å². The molecule has 0 aliphatic heterocycles. The average molecular weight is 758 g/mol. The zero-order valence-electron chi connectivity index (χ0n) is 32.7. The van der Waals surface area contributed by atoms with Crippen molar-refractivity contribution in [2.45, 2.75) is 0 Å². The highest BCUT2D eigenvalue weighted by atomic mass is 14.7. The first kappa shape index (κ1) is 33.1. The van der Waals surface area contributed by atoms with Crippen molar-refractivity contribution < 1.29 is 0 Å². The van der Waals surface area contributed by atoms with E-state index in [2.05, 4.69) is 200 Å². The minimum absolute atomic E-state index is 0.972. The number of benzene rings is 10. The van der Waals surface area contributed by atoms with Gasteiger partial charge in [0.2, 0.25) is 0 Å². The Morgan fingerprint density at radius 1 is 0.233 bits per heavy atom. The maximum Gasteiger partial charge on any atom is 0.0702 e. The second-order valence-electron chi connectivity index (χ2n) is 16.1. The van der Waals surface area contributed by atoms with Crippen LogP contribution >= 0.6 is 0 Å². The smallest absolute Gasteiger partial charge is 0.0702 e. The molecule has 1 nitrogen and oxygen atoms in total. The molecule has 0 N–H and O–H groups in total. The van der Waals surface area contributed by atoms with Gasteiger partial charge in [-0.25, -0.2) is 0 Å². The van der Waals surface area contributed by atoms with Gasteiger partial charge in [0.05, 0.1) is 5.69 Å². The molecule has 0 fully saturated rings. The third-order valence-corrected chi connectivity index (χ3v) is 13.0. The normalized spacial score (nSPS) is 12.0. The number of fused-ring (bicyclic) bond motifs is 8. The van der Waals surface area contributed by atoms with Crippen molar-refractivity contribution in [1.29, 1.82) is 0 Å². The van der Waals surface area contributed by atoms with Crippen molar-refractivity contribution in [1.82, 2.24) is 4.98 Å². The van der Waals surface area contributed by atoms with Gasteiger partial charge in [0.15, 0.2) is 0 Å². The van der Waals surface area contributed by atoms with Crippen molar-refractivity contribution in [3.05, 3.63) is 212 Å². The molecule has 0 atom stereocenters. The molecule has 10 aromatic carbocycles. The van der Waals surface area contributed by atoms with E-state index < -0.39 is 0 Å². The number of hydrogen-bond acceptors (Lipinski definition) is 1. The zero-order valence-corrected chi connectivity index (χ0v) is 32.7. The molecule has 1 heteroatoms. The van der Waals surface area contributed by atoms with E-state index in [1.807, 2.05) is 12.3 Å². The van der Waals surface area contributed by atoms with Gasteiger partial charge in [0, 0.05) is 11.8 Å². The Kier molecular flexibility index (Phi) is 7.08.